The fourth-order valence-electron chi connectivity index (χ4n) is 2.47. The van der Waals surface area contributed by atoms with Gasteiger partial charge < -0.3 is 4.74 Å². The quantitative estimate of drug-likeness (QED) is 0.770. The van der Waals surface area contributed by atoms with Crippen LogP contribution in [0.5, 0.6) is 5.88 Å². The van der Waals surface area contributed by atoms with Crippen molar-refractivity contribution in [3.63, 3.8) is 0 Å². The number of rotatable bonds is 3. The van der Waals surface area contributed by atoms with Crippen molar-refractivity contribution in [1.29, 1.82) is 0 Å². The van der Waals surface area contributed by atoms with Crippen LogP contribution in [0.4, 0.5) is 0 Å². The summed E-state index contributed by atoms with van der Waals surface area (Å²) >= 11 is 5.97. The summed E-state index contributed by atoms with van der Waals surface area (Å²) in [6.45, 7) is 4.13. The third-order valence-corrected chi connectivity index (χ3v) is 3.98. The first kappa shape index (κ1) is 12.6. The molecule has 2 unspecified atom stereocenters. The largest absolute Gasteiger partial charge is 0.474 e. The zero-order valence-electron chi connectivity index (χ0n) is 10.4. The van der Waals surface area contributed by atoms with Crippen molar-refractivity contribution < 1.29 is 4.74 Å². The predicted molar refractivity (Wildman–Crippen MR) is 68.4 cm³/mol. The molecule has 1 aromatic rings. The van der Waals surface area contributed by atoms with Crippen molar-refractivity contribution in [1.82, 2.24) is 9.97 Å². The molecule has 1 aliphatic rings. The van der Waals surface area contributed by atoms with Crippen molar-refractivity contribution in [2.45, 2.75) is 52.1 Å². The van der Waals surface area contributed by atoms with E-state index in [1.165, 1.54) is 32.0 Å². The van der Waals surface area contributed by atoms with E-state index >= 15 is 0 Å². The molecular formula is C13H19ClN2O. The minimum absolute atomic E-state index is 0.290. The molecule has 1 heterocycles. The molecule has 0 bridgehead atoms. The summed E-state index contributed by atoms with van der Waals surface area (Å²) in [4.78, 5) is 8.13. The van der Waals surface area contributed by atoms with Gasteiger partial charge in [-0.05, 0) is 38.5 Å². The van der Waals surface area contributed by atoms with Crippen molar-refractivity contribution in [2.75, 3.05) is 0 Å². The van der Waals surface area contributed by atoms with Crippen molar-refractivity contribution in [3.8, 4) is 5.88 Å². The fourth-order valence-corrected chi connectivity index (χ4v) is 2.60. The summed E-state index contributed by atoms with van der Waals surface area (Å²) in [6.07, 6.45) is 7.88. The van der Waals surface area contributed by atoms with Gasteiger partial charge in [-0.25, -0.2) is 9.97 Å². The van der Waals surface area contributed by atoms with Gasteiger partial charge in [0.2, 0.25) is 5.88 Å². The van der Waals surface area contributed by atoms with Crippen LogP contribution in [0.1, 0.15) is 44.6 Å². The lowest BCUT2D eigenvalue weighted by molar-refractivity contribution is 0.0849. The molecule has 1 saturated carbocycles. The van der Waals surface area contributed by atoms with E-state index in [1.807, 2.05) is 6.92 Å². The zero-order chi connectivity index (χ0) is 12.3. The van der Waals surface area contributed by atoms with Crippen LogP contribution in [0.3, 0.4) is 0 Å². The Kier molecular flexibility index (Phi) is 4.21. The maximum Gasteiger partial charge on any atom is 0.221 e. The van der Waals surface area contributed by atoms with Gasteiger partial charge >= 0.3 is 0 Å². The molecule has 0 aliphatic heterocycles. The average molecular weight is 255 g/mol. The molecule has 0 aromatic carbocycles. The Hall–Kier alpha value is -0.830. The van der Waals surface area contributed by atoms with Gasteiger partial charge in [-0.2, -0.15) is 0 Å². The molecule has 0 amide bonds. The monoisotopic (exact) mass is 254 g/mol. The van der Waals surface area contributed by atoms with E-state index in [2.05, 4.69) is 16.9 Å². The average Bonchev–Trinajstić information content (AvgIpc) is 2.35. The molecular weight excluding hydrogens is 236 g/mol. The molecule has 1 aliphatic carbocycles. The summed E-state index contributed by atoms with van der Waals surface area (Å²) in [6, 6.07) is 0. The summed E-state index contributed by atoms with van der Waals surface area (Å²) in [5.41, 5.74) is 0.842. The van der Waals surface area contributed by atoms with Gasteiger partial charge in [0.15, 0.2) is 0 Å². The maximum atomic E-state index is 6.03. The van der Waals surface area contributed by atoms with Gasteiger partial charge in [0, 0.05) is 5.56 Å². The molecule has 0 radical (unpaired) electrons. The SMILES string of the molecule is CCC1CCCCC1Oc1ncnc(Cl)c1C. The topological polar surface area (TPSA) is 35.0 Å². The number of hydrogen-bond donors (Lipinski definition) is 0. The number of aromatic nitrogens is 2. The first-order valence-electron chi connectivity index (χ1n) is 6.36. The lowest BCUT2D eigenvalue weighted by Gasteiger charge is -2.31. The second kappa shape index (κ2) is 5.67. The molecule has 1 aromatic heterocycles. The van der Waals surface area contributed by atoms with Gasteiger partial charge in [-0.3, -0.25) is 0 Å². The molecule has 2 rings (SSSR count). The van der Waals surface area contributed by atoms with Crippen LogP contribution in [0.15, 0.2) is 6.33 Å². The lowest BCUT2D eigenvalue weighted by Crippen LogP contribution is -2.30. The molecule has 3 nitrogen and oxygen atoms in total. The summed E-state index contributed by atoms with van der Waals surface area (Å²) < 4.78 is 6.03. The smallest absolute Gasteiger partial charge is 0.221 e. The van der Waals surface area contributed by atoms with Gasteiger partial charge in [0.25, 0.3) is 0 Å². The Labute approximate surface area is 108 Å². The van der Waals surface area contributed by atoms with Crippen LogP contribution in [-0.4, -0.2) is 16.1 Å². The van der Waals surface area contributed by atoms with Crippen LogP contribution < -0.4 is 4.74 Å². The molecule has 94 valence electrons. The van der Waals surface area contributed by atoms with E-state index in [0.717, 1.165) is 12.0 Å². The second-order valence-corrected chi connectivity index (χ2v) is 5.06. The van der Waals surface area contributed by atoms with Crippen LogP contribution in [0, 0.1) is 12.8 Å². The second-order valence-electron chi connectivity index (χ2n) is 4.70. The Morgan fingerprint density at radius 1 is 1.35 bits per heavy atom. The Balaban J connectivity index is 2.11. The highest BCUT2D eigenvalue weighted by molar-refractivity contribution is 6.30. The highest BCUT2D eigenvalue weighted by Gasteiger charge is 2.26. The first-order chi connectivity index (χ1) is 8.22. The summed E-state index contributed by atoms with van der Waals surface area (Å²) in [5.74, 6) is 1.30. The number of halogens is 1. The third kappa shape index (κ3) is 2.89. The molecule has 4 heteroatoms. The van der Waals surface area contributed by atoms with E-state index in [4.69, 9.17) is 16.3 Å². The van der Waals surface area contributed by atoms with Crippen LogP contribution in [0.2, 0.25) is 5.15 Å². The highest BCUT2D eigenvalue weighted by Crippen LogP contribution is 2.31. The van der Waals surface area contributed by atoms with E-state index < -0.39 is 0 Å². The van der Waals surface area contributed by atoms with E-state index in [0.29, 0.717) is 23.1 Å². The lowest BCUT2D eigenvalue weighted by atomic mass is 9.85. The Morgan fingerprint density at radius 2 is 2.12 bits per heavy atom. The van der Waals surface area contributed by atoms with Gasteiger partial charge in [0.05, 0.1) is 0 Å². The number of nitrogens with zero attached hydrogens (tertiary/aromatic N) is 2. The van der Waals surface area contributed by atoms with Crippen molar-refractivity contribution in [2.24, 2.45) is 5.92 Å². The van der Waals surface area contributed by atoms with E-state index in [-0.39, 0.29) is 0 Å². The molecule has 0 saturated heterocycles. The minimum atomic E-state index is 0.290. The van der Waals surface area contributed by atoms with Gasteiger partial charge in [-0.15, -0.1) is 0 Å². The first-order valence-corrected chi connectivity index (χ1v) is 6.74. The highest BCUT2D eigenvalue weighted by atomic mass is 35.5. The normalized spacial score (nSPS) is 24.6. The molecule has 2 atom stereocenters. The van der Waals surface area contributed by atoms with Crippen LogP contribution >= 0.6 is 11.6 Å². The zero-order valence-corrected chi connectivity index (χ0v) is 11.2. The summed E-state index contributed by atoms with van der Waals surface area (Å²) in [7, 11) is 0. The number of ether oxygens (including phenoxy) is 1. The van der Waals surface area contributed by atoms with Gasteiger partial charge in [-0.1, -0.05) is 24.9 Å². The van der Waals surface area contributed by atoms with E-state index in [1.54, 1.807) is 0 Å². The van der Waals surface area contributed by atoms with Gasteiger partial charge in [0.1, 0.15) is 17.6 Å². The predicted octanol–water partition coefficient (Wildman–Crippen LogP) is 3.79. The fraction of sp³-hybridized carbons (Fsp3) is 0.692. The Bertz CT molecular complexity index is 384. The maximum absolute atomic E-state index is 6.03. The molecule has 17 heavy (non-hydrogen) atoms. The minimum Gasteiger partial charge on any atom is -0.474 e. The third-order valence-electron chi connectivity index (χ3n) is 3.60. The molecule has 0 N–H and O–H groups in total. The van der Waals surface area contributed by atoms with Crippen molar-refractivity contribution in [3.05, 3.63) is 17.0 Å². The van der Waals surface area contributed by atoms with E-state index in [9.17, 15) is 0 Å². The van der Waals surface area contributed by atoms with Crippen LogP contribution in [-0.2, 0) is 0 Å². The molecule has 1 fully saturated rings. The van der Waals surface area contributed by atoms with Crippen LogP contribution in [0.25, 0.3) is 0 Å². The summed E-state index contributed by atoms with van der Waals surface area (Å²) in [5, 5.41) is 0.485. The van der Waals surface area contributed by atoms with Crippen molar-refractivity contribution >= 4 is 11.6 Å². The molecule has 0 spiro atoms. The number of hydrogen-bond acceptors (Lipinski definition) is 3. The Morgan fingerprint density at radius 3 is 2.88 bits per heavy atom. The standard InChI is InChI=1S/C13H19ClN2O/c1-3-10-6-4-5-7-11(10)17-13-9(2)12(14)15-8-16-13/h8,10-11H,3-7H2,1-2H3.